The van der Waals surface area contributed by atoms with Crippen LogP contribution in [0.4, 0.5) is 13.2 Å². The van der Waals surface area contributed by atoms with Crippen LogP contribution in [0.15, 0.2) is 0 Å². The fraction of sp³-hybridized carbons (Fsp3) is 0.909. The first kappa shape index (κ1) is 16.2. The molecule has 0 unspecified atom stereocenters. The second-order valence-corrected chi connectivity index (χ2v) is 4.72. The number of amides is 1. The molecule has 0 saturated carbocycles. The summed E-state index contributed by atoms with van der Waals surface area (Å²) < 4.78 is 41.3. The van der Waals surface area contributed by atoms with Gasteiger partial charge in [-0.15, -0.1) is 0 Å². The van der Waals surface area contributed by atoms with Crippen molar-refractivity contribution in [3.8, 4) is 0 Å². The molecule has 1 aliphatic heterocycles. The van der Waals surface area contributed by atoms with Gasteiger partial charge in [-0.25, -0.2) is 0 Å². The van der Waals surface area contributed by atoms with E-state index in [1.807, 2.05) is 12.4 Å². The van der Waals surface area contributed by atoms with E-state index >= 15 is 0 Å². The maximum Gasteiger partial charge on any atom is 0.405 e. The number of alkyl halides is 3. The average Bonchev–Trinajstić information content (AvgIpc) is 2.32. The molecule has 1 amide bonds. The predicted molar refractivity (Wildman–Crippen MR) is 63.8 cm³/mol. The first-order chi connectivity index (χ1) is 8.78. The third-order valence-corrected chi connectivity index (χ3v) is 2.85. The fourth-order valence-corrected chi connectivity index (χ4v) is 1.73. The Labute approximate surface area is 110 Å². The van der Waals surface area contributed by atoms with Crippen molar-refractivity contribution >= 4 is 5.91 Å². The van der Waals surface area contributed by atoms with Crippen molar-refractivity contribution in [2.24, 2.45) is 0 Å². The summed E-state index contributed by atoms with van der Waals surface area (Å²) in [6.07, 6.45) is -4.43. The SMILES string of the molecule is C[C@H](NC[C@@H]1CN(C)CCO1)C(=O)NCC(F)(F)F. The highest BCUT2D eigenvalue weighted by atomic mass is 19.4. The minimum atomic E-state index is -4.38. The summed E-state index contributed by atoms with van der Waals surface area (Å²) in [5.74, 6) is -0.665. The van der Waals surface area contributed by atoms with Gasteiger partial charge in [-0.1, -0.05) is 0 Å². The second kappa shape index (κ2) is 7.06. The molecule has 0 aromatic carbocycles. The molecule has 1 fully saturated rings. The first-order valence-electron chi connectivity index (χ1n) is 6.16. The smallest absolute Gasteiger partial charge is 0.374 e. The molecule has 0 radical (unpaired) electrons. The maximum absolute atomic E-state index is 11.9. The van der Waals surface area contributed by atoms with E-state index in [0.717, 1.165) is 13.1 Å². The number of likely N-dealkylation sites (N-methyl/N-ethyl adjacent to an activating group) is 1. The Morgan fingerprint density at radius 3 is 2.79 bits per heavy atom. The Hall–Kier alpha value is -0.860. The van der Waals surface area contributed by atoms with Crippen LogP contribution in [0.5, 0.6) is 0 Å². The third-order valence-electron chi connectivity index (χ3n) is 2.85. The van der Waals surface area contributed by atoms with Crippen molar-refractivity contribution in [3.05, 3.63) is 0 Å². The van der Waals surface area contributed by atoms with Crippen LogP contribution >= 0.6 is 0 Å². The van der Waals surface area contributed by atoms with Crippen LogP contribution < -0.4 is 10.6 Å². The van der Waals surface area contributed by atoms with E-state index in [9.17, 15) is 18.0 Å². The summed E-state index contributed by atoms with van der Waals surface area (Å²) >= 11 is 0. The van der Waals surface area contributed by atoms with Crippen LogP contribution in [0.3, 0.4) is 0 Å². The van der Waals surface area contributed by atoms with Gasteiger partial charge in [-0.2, -0.15) is 13.2 Å². The number of rotatable bonds is 5. The Bertz CT molecular complexity index is 299. The third kappa shape index (κ3) is 6.74. The van der Waals surface area contributed by atoms with E-state index in [2.05, 4.69) is 10.2 Å². The van der Waals surface area contributed by atoms with E-state index in [1.165, 1.54) is 6.92 Å². The number of morpholine rings is 1. The molecule has 2 N–H and O–H groups in total. The molecule has 1 heterocycles. The van der Waals surface area contributed by atoms with Gasteiger partial charge < -0.3 is 20.3 Å². The molecule has 112 valence electrons. The Balaban J connectivity index is 2.22. The van der Waals surface area contributed by atoms with Gasteiger partial charge in [-0.05, 0) is 14.0 Å². The predicted octanol–water partition coefficient (Wildman–Crippen LogP) is -0.0264. The van der Waals surface area contributed by atoms with E-state index in [1.54, 1.807) is 0 Å². The molecule has 0 spiro atoms. The number of nitrogens with zero attached hydrogens (tertiary/aromatic N) is 1. The minimum absolute atomic E-state index is 0.0448. The molecule has 1 rings (SSSR count). The first-order valence-corrected chi connectivity index (χ1v) is 6.16. The van der Waals surface area contributed by atoms with Crippen LogP contribution in [0, 0.1) is 0 Å². The van der Waals surface area contributed by atoms with E-state index < -0.39 is 24.7 Å². The zero-order valence-corrected chi connectivity index (χ0v) is 11.1. The highest BCUT2D eigenvalue weighted by Gasteiger charge is 2.28. The van der Waals surface area contributed by atoms with Crippen LogP contribution in [0.2, 0.25) is 0 Å². The van der Waals surface area contributed by atoms with Gasteiger partial charge in [0.2, 0.25) is 5.91 Å². The lowest BCUT2D eigenvalue weighted by Gasteiger charge is -2.30. The monoisotopic (exact) mass is 283 g/mol. The topological polar surface area (TPSA) is 53.6 Å². The quantitative estimate of drug-likeness (QED) is 0.744. The summed E-state index contributed by atoms with van der Waals surface area (Å²) in [7, 11) is 1.97. The zero-order valence-electron chi connectivity index (χ0n) is 11.1. The van der Waals surface area contributed by atoms with Crippen molar-refractivity contribution < 1.29 is 22.7 Å². The molecule has 2 atom stereocenters. The average molecular weight is 283 g/mol. The van der Waals surface area contributed by atoms with Gasteiger partial charge in [0, 0.05) is 19.6 Å². The summed E-state index contributed by atoms with van der Waals surface area (Å²) in [6.45, 7) is 2.88. The Kier molecular flexibility index (Phi) is 6.02. The lowest BCUT2D eigenvalue weighted by Crippen LogP contribution is -2.50. The molecule has 19 heavy (non-hydrogen) atoms. The number of nitrogens with one attached hydrogen (secondary N) is 2. The van der Waals surface area contributed by atoms with Crippen molar-refractivity contribution in [1.82, 2.24) is 15.5 Å². The number of carbonyl (C=O) groups excluding carboxylic acids is 1. The molecule has 0 aromatic rings. The standard InChI is InChI=1S/C11H20F3N3O2/c1-8(10(18)16-7-11(12,13)14)15-5-9-6-17(2)3-4-19-9/h8-9,15H,3-7H2,1-2H3,(H,16,18)/t8-,9+/m0/s1. The number of carbonyl (C=O) groups is 1. The second-order valence-electron chi connectivity index (χ2n) is 4.72. The lowest BCUT2D eigenvalue weighted by molar-refractivity contribution is -0.139. The van der Waals surface area contributed by atoms with Crippen molar-refractivity contribution in [2.45, 2.75) is 25.2 Å². The minimum Gasteiger partial charge on any atom is -0.374 e. The van der Waals surface area contributed by atoms with Gasteiger partial charge in [0.25, 0.3) is 0 Å². The number of ether oxygens (including phenoxy) is 1. The lowest BCUT2D eigenvalue weighted by atomic mass is 10.2. The van der Waals surface area contributed by atoms with Gasteiger partial charge in [-0.3, -0.25) is 4.79 Å². The molecule has 8 heteroatoms. The van der Waals surface area contributed by atoms with E-state index in [-0.39, 0.29) is 6.10 Å². The normalized spacial score (nSPS) is 23.1. The van der Waals surface area contributed by atoms with Crippen LogP contribution in [0.1, 0.15) is 6.92 Å². The summed E-state index contributed by atoms with van der Waals surface area (Å²) in [6, 6.07) is -0.682. The summed E-state index contributed by atoms with van der Waals surface area (Å²) in [5, 5.41) is 4.72. The summed E-state index contributed by atoms with van der Waals surface area (Å²) in [4.78, 5) is 13.5. The number of hydrogen-bond donors (Lipinski definition) is 2. The van der Waals surface area contributed by atoms with E-state index in [0.29, 0.717) is 13.2 Å². The van der Waals surface area contributed by atoms with Gasteiger partial charge in [0.15, 0.2) is 0 Å². The van der Waals surface area contributed by atoms with Crippen molar-refractivity contribution in [3.63, 3.8) is 0 Å². The fourth-order valence-electron chi connectivity index (χ4n) is 1.73. The van der Waals surface area contributed by atoms with Crippen molar-refractivity contribution in [1.29, 1.82) is 0 Å². The van der Waals surface area contributed by atoms with E-state index in [4.69, 9.17) is 4.74 Å². The highest BCUT2D eigenvalue weighted by molar-refractivity contribution is 5.81. The van der Waals surface area contributed by atoms with Crippen molar-refractivity contribution in [2.75, 3.05) is 39.8 Å². The maximum atomic E-state index is 11.9. The largest absolute Gasteiger partial charge is 0.405 e. The summed E-state index contributed by atoms with van der Waals surface area (Å²) in [5.41, 5.74) is 0. The molecular formula is C11H20F3N3O2. The number of hydrogen-bond acceptors (Lipinski definition) is 4. The van der Waals surface area contributed by atoms with Crippen LogP contribution in [-0.4, -0.2) is 69.0 Å². The Morgan fingerprint density at radius 2 is 2.21 bits per heavy atom. The van der Waals surface area contributed by atoms with Crippen LogP contribution in [-0.2, 0) is 9.53 Å². The molecular weight excluding hydrogens is 263 g/mol. The van der Waals surface area contributed by atoms with Gasteiger partial charge >= 0.3 is 6.18 Å². The molecule has 0 aliphatic carbocycles. The van der Waals surface area contributed by atoms with Crippen LogP contribution in [0.25, 0.3) is 0 Å². The molecule has 5 nitrogen and oxygen atoms in total. The zero-order chi connectivity index (χ0) is 14.5. The Morgan fingerprint density at radius 1 is 1.53 bits per heavy atom. The molecule has 0 bridgehead atoms. The van der Waals surface area contributed by atoms with Gasteiger partial charge in [0.1, 0.15) is 6.54 Å². The molecule has 0 aromatic heterocycles. The highest BCUT2D eigenvalue weighted by Crippen LogP contribution is 2.12. The number of halogens is 3. The molecule has 1 aliphatic rings. The van der Waals surface area contributed by atoms with Gasteiger partial charge in [0.05, 0.1) is 18.8 Å². The molecule has 1 saturated heterocycles.